The summed E-state index contributed by atoms with van der Waals surface area (Å²) in [6, 6.07) is 8.00. The number of nitrogens with two attached hydrogens (primary N) is 1. The summed E-state index contributed by atoms with van der Waals surface area (Å²) in [4.78, 5) is 2.20. The van der Waals surface area contributed by atoms with Gasteiger partial charge >= 0.3 is 0 Å². The molecule has 1 aromatic rings. The highest BCUT2D eigenvalue weighted by molar-refractivity contribution is 5.41. The van der Waals surface area contributed by atoms with E-state index in [-0.39, 0.29) is 12.0 Å². The summed E-state index contributed by atoms with van der Waals surface area (Å²) in [5.41, 5.74) is 7.77. The summed E-state index contributed by atoms with van der Waals surface area (Å²) in [5.74, 6) is 0. The number of aliphatic hydroxyl groups is 1. The second-order valence-electron chi connectivity index (χ2n) is 5.25. The predicted octanol–water partition coefficient (Wildman–Crippen LogP) is 2.03. The molecular formula is C15H24N2O. The average Bonchev–Trinajstić information content (AvgIpc) is 2.29. The number of nitrogen functional groups attached to an aromatic ring is 1. The molecule has 3 heteroatoms. The summed E-state index contributed by atoms with van der Waals surface area (Å²) in [5, 5.41) is 9.07. The van der Waals surface area contributed by atoms with Crippen molar-refractivity contribution < 1.29 is 5.11 Å². The van der Waals surface area contributed by atoms with E-state index in [1.165, 1.54) is 5.56 Å². The van der Waals surface area contributed by atoms with Crippen LogP contribution in [0.5, 0.6) is 0 Å². The fraction of sp³-hybridized carbons (Fsp3) is 0.467. The zero-order valence-corrected chi connectivity index (χ0v) is 11.4. The maximum absolute atomic E-state index is 9.07. The van der Waals surface area contributed by atoms with Gasteiger partial charge in [0.25, 0.3) is 0 Å². The number of rotatable bonds is 7. The van der Waals surface area contributed by atoms with Crippen molar-refractivity contribution in [2.75, 3.05) is 32.0 Å². The van der Waals surface area contributed by atoms with Gasteiger partial charge in [-0.15, -0.1) is 6.58 Å². The van der Waals surface area contributed by atoms with Crippen LogP contribution in [0.1, 0.15) is 19.4 Å². The first-order valence-electron chi connectivity index (χ1n) is 6.30. The minimum absolute atomic E-state index is 0.0197. The van der Waals surface area contributed by atoms with E-state index < -0.39 is 0 Å². The van der Waals surface area contributed by atoms with Crippen LogP contribution >= 0.6 is 0 Å². The quantitative estimate of drug-likeness (QED) is 0.573. The van der Waals surface area contributed by atoms with Crippen molar-refractivity contribution in [2.24, 2.45) is 0 Å². The van der Waals surface area contributed by atoms with Crippen molar-refractivity contribution in [3.05, 3.63) is 42.5 Å². The van der Waals surface area contributed by atoms with E-state index >= 15 is 0 Å². The highest BCUT2D eigenvalue weighted by Crippen LogP contribution is 2.25. The van der Waals surface area contributed by atoms with Gasteiger partial charge in [0.2, 0.25) is 0 Å². The molecule has 18 heavy (non-hydrogen) atoms. The molecule has 3 N–H and O–H groups in total. The van der Waals surface area contributed by atoms with E-state index in [9.17, 15) is 0 Å². The van der Waals surface area contributed by atoms with Crippen LogP contribution in [0.15, 0.2) is 36.9 Å². The first kappa shape index (κ1) is 14.7. The Hall–Kier alpha value is -1.32. The molecule has 0 atom stereocenters. The number of benzene rings is 1. The summed E-state index contributed by atoms with van der Waals surface area (Å²) in [7, 11) is 0. The molecule has 0 saturated carbocycles. The van der Waals surface area contributed by atoms with Gasteiger partial charge in [0.1, 0.15) is 0 Å². The van der Waals surface area contributed by atoms with Crippen molar-refractivity contribution in [1.82, 2.24) is 4.90 Å². The Labute approximate surface area is 110 Å². The molecule has 0 aliphatic heterocycles. The molecular weight excluding hydrogens is 224 g/mol. The molecule has 0 spiro atoms. The first-order chi connectivity index (χ1) is 8.49. The Kier molecular flexibility index (Phi) is 5.38. The molecule has 0 amide bonds. The number of hydrogen-bond acceptors (Lipinski definition) is 3. The Bertz CT molecular complexity index is 371. The Morgan fingerprint density at radius 2 is 1.94 bits per heavy atom. The largest absolute Gasteiger partial charge is 0.399 e. The number of anilines is 1. The third-order valence-electron chi connectivity index (χ3n) is 3.11. The third-order valence-corrected chi connectivity index (χ3v) is 3.11. The van der Waals surface area contributed by atoms with Crippen LogP contribution in [0.3, 0.4) is 0 Å². The molecule has 0 radical (unpaired) electrons. The molecule has 1 aromatic carbocycles. The van der Waals surface area contributed by atoms with Gasteiger partial charge in [-0.25, -0.2) is 0 Å². The van der Waals surface area contributed by atoms with E-state index in [1.54, 1.807) is 0 Å². The van der Waals surface area contributed by atoms with Crippen LogP contribution in [-0.2, 0) is 5.41 Å². The molecule has 0 aliphatic rings. The lowest BCUT2D eigenvalue weighted by molar-refractivity contribution is 0.184. The van der Waals surface area contributed by atoms with E-state index in [0.717, 1.165) is 18.8 Å². The molecule has 0 unspecified atom stereocenters. The van der Waals surface area contributed by atoms with Gasteiger partial charge in [0.05, 0.1) is 6.61 Å². The third kappa shape index (κ3) is 4.17. The van der Waals surface area contributed by atoms with Gasteiger partial charge in [-0.1, -0.05) is 32.1 Å². The van der Waals surface area contributed by atoms with E-state index in [4.69, 9.17) is 10.8 Å². The summed E-state index contributed by atoms with van der Waals surface area (Å²) in [6.07, 6.45) is 1.87. The normalized spacial score (nSPS) is 11.8. The Morgan fingerprint density at radius 3 is 2.44 bits per heavy atom. The van der Waals surface area contributed by atoms with E-state index in [0.29, 0.717) is 6.54 Å². The SMILES string of the molecule is C=CCN(CCO)CC(C)(C)c1ccc(N)cc1. The lowest BCUT2D eigenvalue weighted by Crippen LogP contribution is -2.38. The standard InChI is InChI=1S/C15H24N2O/c1-4-9-17(10-11-18)12-15(2,3)13-5-7-14(16)8-6-13/h4-8,18H,1,9-12,16H2,2-3H3. The molecule has 0 aliphatic carbocycles. The van der Waals surface area contributed by atoms with E-state index in [2.05, 4.69) is 37.5 Å². The van der Waals surface area contributed by atoms with Crippen LogP contribution in [0.25, 0.3) is 0 Å². The van der Waals surface area contributed by atoms with Gasteiger partial charge in [-0.05, 0) is 17.7 Å². The predicted molar refractivity (Wildman–Crippen MR) is 77.6 cm³/mol. The summed E-state index contributed by atoms with van der Waals surface area (Å²) < 4.78 is 0. The van der Waals surface area contributed by atoms with Crippen molar-refractivity contribution in [3.63, 3.8) is 0 Å². The zero-order valence-electron chi connectivity index (χ0n) is 11.4. The highest BCUT2D eigenvalue weighted by atomic mass is 16.3. The summed E-state index contributed by atoms with van der Waals surface area (Å²) in [6.45, 7) is 10.7. The lowest BCUT2D eigenvalue weighted by Gasteiger charge is -2.32. The van der Waals surface area contributed by atoms with Crippen LogP contribution in [0.4, 0.5) is 5.69 Å². The van der Waals surface area contributed by atoms with Gasteiger partial charge in [0.15, 0.2) is 0 Å². The van der Waals surface area contributed by atoms with Crippen molar-refractivity contribution in [1.29, 1.82) is 0 Å². The minimum atomic E-state index is 0.0197. The van der Waals surface area contributed by atoms with Gasteiger partial charge in [-0.2, -0.15) is 0 Å². The van der Waals surface area contributed by atoms with E-state index in [1.807, 2.05) is 18.2 Å². The molecule has 0 fully saturated rings. The second-order valence-corrected chi connectivity index (χ2v) is 5.25. The number of aliphatic hydroxyl groups excluding tert-OH is 1. The maximum atomic E-state index is 9.07. The number of nitrogens with zero attached hydrogens (tertiary/aromatic N) is 1. The molecule has 0 saturated heterocycles. The molecule has 1 rings (SSSR count). The van der Waals surface area contributed by atoms with Gasteiger partial charge in [0, 0.05) is 30.7 Å². The second kappa shape index (κ2) is 6.57. The van der Waals surface area contributed by atoms with Crippen LogP contribution < -0.4 is 5.73 Å². The minimum Gasteiger partial charge on any atom is -0.399 e. The topological polar surface area (TPSA) is 49.5 Å². The molecule has 3 nitrogen and oxygen atoms in total. The average molecular weight is 248 g/mol. The Morgan fingerprint density at radius 1 is 1.33 bits per heavy atom. The molecule has 100 valence electrons. The van der Waals surface area contributed by atoms with Gasteiger partial charge in [-0.3, -0.25) is 4.90 Å². The van der Waals surface area contributed by atoms with Crippen molar-refractivity contribution in [3.8, 4) is 0 Å². The fourth-order valence-electron chi connectivity index (χ4n) is 2.14. The summed E-state index contributed by atoms with van der Waals surface area (Å²) >= 11 is 0. The van der Waals surface area contributed by atoms with Gasteiger partial charge < -0.3 is 10.8 Å². The zero-order chi connectivity index (χ0) is 13.6. The first-order valence-corrected chi connectivity index (χ1v) is 6.30. The number of hydrogen-bond donors (Lipinski definition) is 2. The molecule has 0 aromatic heterocycles. The molecule has 0 heterocycles. The van der Waals surface area contributed by atoms with Crippen LogP contribution in [-0.4, -0.2) is 36.2 Å². The Balaban J connectivity index is 2.77. The highest BCUT2D eigenvalue weighted by Gasteiger charge is 2.23. The van der Waals surface area contributed by atoms with Crippen molar-refractivity contribution >= 4 is 5.69 Å². The fourth-order valence-corrected chi connectivity index (χ4v) is 2.14. The monoisotopic (exact) mass is 248 g/mol. The van der Waals surface area contributed by atoms with Crippen molar-refractivity contribution in [2.45, 2.75) is 19.3 Å². The maximum Gasteiger partial charge on any atom is 0.0558 e. The van der Waals surface area contributed by atoms with Crippen LogP contribution in [0, 0.1) is 0 Å². The van der Waals surface area contributed by atoms with Crippen LogP contribution in [0.2, 0.25) is 0 Å². The lowest BCUT2D eigenvalue weighted by atomic mass is 9.84. The molecule has 0 bridgehead atoms. The smallest absolute Gasteiger partial charge is 0.0558 e.